The van der Waals surface area contributed by atoms with E-state index >= 15 is 0 Å². The molecule has 0 saturated carbocycles. The van der Waals surface area contributed by atoms with E-state index in [1.807, 2.05) is 68.5 Å². The molecule has 0 amide bonds. The van der Waals surface area contributed by atoms with E-state index in [0.717, 1.165) is 16.7 Å². The lowest BCUT2D eigenvalue weighted by molar-refractivity contribution is -0.138. The molecule has 1 aliphatic heterocycles. The molecule has 3 heteroatoms. The van der Waals surface area contributed by atoms with Gasteiger partial charge in [0.05, 0.1) is 0 Å². The van der Waals surface area contributed by atoms with Crippen LogP contribution in [0.15, 0.2) is 71.7 Å². The SMILES string of the molecule is C/C(=C/C[C@]1(C)N=C(c2ccccc2)OC1=O)c1ccccc1. The molecule has 1 atom stereocenters. The van der Waals surface area contributed by atoms with Crippen molar-refractivity contribution in [2.45, 2.75) is 25.8 Å². The largest absolute Gasteiger partial charge is 0.405 e. The van der Waals surface area contributed by atoms with Crippen molar-refractivity contribution >= 4 is 17.4 Å². The standard InChI is InChI=1S/C20H19NO2/c1-15(16-9-5-3-6-10-16)13-14-20(2)19(22)23-18(21-20)17-11-7-4-8-12-17/h3-13H,14H2,1-2H3/b15-13-/t20-/m0/s1. The third kappa shape index (κ3) is 3.24. The fraction of sp³-hybridized carbons (Fsp3) is 0.200. The topological polar surface area (TPSA) is 38.7 Å². The fourth-order valence-electron chi connectivity index (χ4n) is 2.49. The maximum absolute atomic E-state index is 12.3. The summed E-state index contributed by atoms with van der Waals surface area (Å²) in [5.41, 5.74) is 2.24. The summed E-state index contributed by atoms with van der Waals surface area (Å²) in [6.07, 6.45) is 2.57. The van der Waals surface area contributed by atoms with Gasteiger partial charge in [0.1, 0.15) is 0 Å². The second-order valence-electron chi connectivity index (χ2n) is 5.90. The van der Waals surface area contributed by atoms with Crippen LogP contribution in [0.4, 0.5) is 0 Å². The Morgan fingerprint density at radius 3 is 2.35 bits per heavy atom. The zero-order valence-corrected chi connectivity index (χ0v) is 13.3. The summed E-state index contributed by atoms with van der Waals surface area (Å²) in [5.74, 6) is 0.109. The van der Waals surface area contributed by atoms with Crippen molar-refractivity contribution in [3.8, 4) is 0 Å². The van der Waals surface area contributed by atoms with E-state index < -0.39 is 5.54 Å². The molecule has 0 radical (unpaired) electrons. The lowest BCUT2D eigenvalue weighted by Crippen LogP contribution is -2.29. The smallest absolute Gasteiger partial charge is 0.340 e. The minimum atomic E-state index is -0.860. The van der Waals surface area contributed by atoms with Gasteiger partial charge in [-0.25, -0.2) is 9.79 Å². The number of carbonyl (C=O) groups excluding carboxylic acids is 1. The number of nitrogens with zero attached hydrogens (tertiary/aromatic N) is 1. The van der Waals surface area contributed by atoms with E-state index in [2.05, 4.69) is 17.1 Å². The van der Waals surface area contributed by atoms with Gasteiger partial charge in [-0.1, -0.05) is 54.6 Å². The number of benzene rings is 2. The highest BCUT2D eigenvalue weighted by Crippen LogP contribution is 2.28. The van der Waals surface area contributed by atoms with Crippen LogP contribution in [0.25, 0.3) is 5.57 Å². The van der Waals surface area contributed by atoms with Crippen molar-refractivity contribution in [1.82, 2.24) is 0 Å². The molecule has 1 aliphatic rings. The zero-order valence-electron chi connectivity index (χ0n) is 13.3. The van der Waals surface area contributed by atoms with Gasteiger partial charge in [0.15, 0.2) is 5.54 Å². The number of hydrogen-bond donors (Lipinski definition) is 0. The normalized spacial score (nSPS) is 21.0. The molecular weight excluding hydrogens is 286 g/mol. The Morgan fingerprint density at radius 2 is 1.70 bits per heavy atom. The Morgan fingerprint density at radius 1 is 1.09 bits per heavy atom. The van der Waals surface area contributed by atoms with Crippen molar-refractivity contribution in [3.05, 3.63) is 77.9 Å². The second kappa shape index (κ2) is 6.21. The van der Waals surface area contributed by atoms with Crippen LogP contribution in [-0.2, 0) is 9.53 Å². The maximum atomic E-state index is 12.3. The van der Waals surface area contributed by atoms with E-state index in [1.54, 1.807) is 0 Å². The van der Waals surface area contributed by atoms with E-state index in [0.29, 0.717) is 12.3 Å². The van der Waals surface area contributed by atoms with Crippen molar-refractivity contribution in [3.63, 3.8) is 0 Å². The quantitative estimate of drug-likeness (QED) is 0.792. The van der Waals surface area contributed by atoms with E-state index in [9.17, 15) is 4.79 Å². The molecule has 0 N–H and O–H groups in total. The molecule has 0 fully saturated rings. The van der Waals surface area contributed by atoms with Crippen LogP contribution in [0.3, 0.4) is 0 Å². The fourth-order valence-corrected chi connectivity index (χ4v) is 2.49. The van der Waals surface area contributed by atoms with Crippen LogP contribution in [-0.4, -0.2) is 17.4 Å². The van der Waals surface area contributed by atoms with Gasteiger partial charge in [-0.3, -0.25) is 0 Å². The molecular formula is C20H19NO2. The van der Waals surface area contributed by atoms with Gasteiger partial charge >= 0.3 is 5.97 Å². The third-order valence-electron chi connectivity index (χ3n) is 4.03. The molecule has 3 rings (SSSR count). The Bertz CT molecular complexity index is 763. The summed E-state index contributed by atoms with van der Waals surface area (Å²) in [4.78, 5) is 16.8. The predicted octanol–water partition coefficient (Wildman–Crippen LogP) is 4.24. The first kappa shape index (κ1) is 15.2. The molecule has 0 bridgehead atoms. The van der Waals surface area contributed by atoms with E-state index in [-0.39, 0.29) is 5.97 Å². The summed E-state index contributed by atoms with van der Waals surface area (Å²) in [6.45, 7) is 3.86. The first-order valence-corrected chi connectivity index (χ1v) is 7.68. The summed E-state index contributed by atoms with van der Waals surface area (Å²) < 4.78 is 5.38. The lowest BCUT2D eigenvalue weighted by atomic mass is 9.96. The van der Waals surface area contributed by atoms with Crippen LogP contribution in [0.1, 0.15) is 31.4 Å². The summed E-state index contributed by atoms with van der Waals surface area (Å²) in [7, 11) is 0. The van der Waals surface area contributed by atoms with Crippen LogP contribution in [0.2, 0.25) is 0 Å². The van der Waals surface area contributed by atoms with Crippen LogP contribution >= 0.6 is 0 Å². The van der Waals surface area contributed by atoms with Gasteiger partial charge in [0.25, 0.3) is 0 Å². The number of carbonyl (C=O) groups is 1. The molecule has 1 heterocycles. The zero-order chi connectivity index (χ0) is 16.3. The van der Waals surface area contributed by atoms with Crippen molar-refractivity contribution in [2.75, 3.05) is 0 Å². The monoisotopic (exact) mass is 305 g/mol. The molecule has 0 aromatic heterocycles. The first-order chi connectivity index (χ1) is 11.1. The number of aliphatic imine (C=N–C) groups is 1. The Labute approximate surface area is 136 Å². The number of ether oxygens (including phenoxy) is 1. The summed E-state index contributed by atoms with van der Waals surface area (Å²) >= 11 is 0. The van der Waals surface area contributed by atoms with Crippen molar-refractivity contribution in [1.29, 1.82) is 0 Å². The molecule has 0 saturated heterocycles. The number of rotatable bonds is 4. The van der Waals surface area contributed by atoms with Gasteiger partial charge < -0.3 is 4.74 Å². The second-order valence-corrected chi connectivity index (χ2v) is 5.90. The minimum Gasteiger partial charge on any atom is -0.405 e. The average molecular weight is 305 g/mol. The molecule has 2 aromatic carbocycles. The number of allylic oxidation sites excluding steroid dienone is 1. The maximum Gasteiger partial charge on any atom is 0.340 e. The molecule has 3 nitrogen and oxygen atoms in total. The molecule has 23 heavy (non-hydrogen) atoms. The average Bonchev–Trinajstić information content (AvgIpc) is 2.90. The first-order valence-electron chi connectivity index (χ1n) is 7.68. The number of hydrogen-bond acceptors (Lipinski definition) is 3. The number of esters is 1. The molecule has 116 valence electrons. The highest BCUT2D eigenvalue weighted by molar-refractivity contribution is 6.07. The van der Waals surface area contributed by atoms with Gasteiger partial charge in [0.2, 0.25) is 5.90 Å². The minimum absolute atomic E-state index is 0.298. The Hall–Kier alpha value is -2.68. The Balaban J connectivity index is 1.81. The van der Waals surface area contributed by atoms with Crippen LogP contribution in [0, 0.1) is 0 Å². The molecule has 0 unspecified atom stereocenters. The third-order valence-corrected chi connectivity index (χ3v) is 4.03. The molecule has 0 spiro atoms. The van der Waals surface area contributed by atoms with Crippen LogP contribution in [0.5, 0.6) is 0 Å². The highest BCUT2D eigenvalue weighted by Gasteiger charge is 2.41. The highest BCUT2D eigenvalue weighted by atomic mass is 16.6. The van der Waals surface area contributed by atoms with Crippen molar-refractivity contribution < 1.29 is 9.53 Å². The molecule has 0 aliphatic carbocycles. The molecule has 2 aromatic rings. The summed E-state index contributed by atoms with van der Waals surface area (Å²) in [5, 5.41) is 0. The van der Waals surface area contributed by atoms with E-state index in [1.165, 1.54) is 0 Å². The van der Waals surface area contributed by atoms with Crippen LogP contribution < -0.4 is 0 Å². The van der Waals surface area contributed by atoms with E-state index in [4.69, 9.17) is 4.74 Å². The van der Waals surface area contributed by atoms with Gasteiger partial charge in [0, 0.05) is 12.0 Å². The Kier molecular flexibility index (Phi) is 4.11. The van der Waals surface area contributed by atoms with Gasteiger partial charge in [-0.15, -0.1) is 0 Å². The lowest BCUT2D eigenvalue weighted by Gasteiger charge is -2.14. The predicted molar refractivity (Wildman–Crippen MR) is 92.2 cm³/mol. The summed E-state index contributed by atoms with van der Waals surface area (Å²) in [6, 6.07) is 19.6. The number of cyclic esters (lactones) is 1. The van der Waals surface area contributed by atoms with Crippen molar-refractivity contribution in [2.24, 2.45) is 4.99 Å². The van der Waals surface area contributed by atoms with Gasteiger partial charge in [-0.2, -0.15) is 0 Å². The van der Waals surface area contributed by atoms with Gasteiger partial charge in [-0.05, 0) is 37.1 Å².